The van der Waals surface area contributed by atoms with E-state index in [2.05, 4.69) is 11.8 Å². The second-order valence-corrected chi connectivity index (χ2v) is 8.96. The Hall–Kier alpha value is -1.51. The van der Waals surface area contributed by atoms with Gasteiger partial charge in [-0.2, -0.15) is 4.31 Å². The topological polar surface area (TPSA) is 83.8 Å². The first-order chi connectivity index (χ1) is 11.9. The van der Waals surface area contributed by atoms with Gasteiger partial charge in [-0.25, -0.2) is 8.42 Å². The van der Waals surface area contributed by atoms with Crippen LogP contribution in [0.25, 0.3) is 0 Å². The predicted octanol–water partition coefficient (Wildman–Crippen LogP) is 2.48. The van der Waals surface area contributed by atoms with Crippen LogP contribution in [0.1, 0.15) is 32.6 Å². The van der Waals surface area contributed by atoms with Crippen molar-refractivity contribution in [1.82, 2.24) is 9.21 Å². The zero-order valence-electron chi connectivity index (χ0n) is 14.5. The second kappa shape index (κ2) is 7.39. The number of sulfonamides is 1. The van der Waals surface area contributed by atoms with Gasteiger partial charge >= 0.3 is 0 Å². The van der Waals surface area contributed by atoms with E-state index in [1.54, 1.807) is 0 Å². The lowest BCUT2D eigenvalue weighted by Gasteiger charge is -2.43. The number of non-ortho nitro benzene ring substituents is 1. The highest BCUT2D eigenvalue weighted by molar-refractivity contribution is 7.89. The lowest BCUT2D eigenvalue weighted by atomic mass is 9.84. The van der Waals surface area contributed by atoms with Gasteiger partial charge in [0, 0.05) is 44.4 Å². The van der Waals surface area contributed by atoms with E-state index in [0.717, 1.165) is 13.1 Å². The van der Waals surface area contributed by atoms with Gasteiger partial charge in [-0.15, -0.1) is 0 Å². The number of nitrogens with zero attached hydrogens (tertiary/aromatic N) is 3. The fourth-order valence-electron chi connectivity index (χ4n) is 4.00. The van der Waals surface area contributed by atoms with Crippen molar-refractivity contribution in [3.8, 4) is 0 Å². The summed E-state index contributed by atoms with van der Waals surface area (Å²) in [4.78, 5) is 12.7. The molecule has 0 aromatic heterocycles. The van der Waals surface area contributed by atoms with E-state index in [4.69, 9.17) is 0 Å². The maximum atomic E-state index is 12.8. The quantitative estimate of drug-likeness (QED) is 0.603. The van der Waals surface area contributed by atoms with Crippen molar-refractivity contribution in [3.63, 3.8) is 0 Å². The first-order valence-corrected chi connectivity index (χ1v) is 10.3. The number of hydrogen-bond acceptors (Lipinski definition) is 5. The van der Waals surface area contributed by atoms with Crippen LogP contribution in [0.2, 0.25) is 0 Å². The molecule has 7 nitrogen and oxygen atoms in total. The third kappa shape index (κ3) is 3.86. The van der Waals surface area contributed by atoms with Crippen LogP contribution in [0.4, 0.5) is 5.69 Å². The number of rotatable bonds is 4. The van der Waals surface area contributed by atoms with Gasteiger partial charge in [0.2, 0.25) is 10.0 Å². The molecule has 2 aliphatic rings. The van der Waals surface area contributed by atoms with Crippen molar-refractivity contribution in [2.75, 3.05) is 26.2 Å². The summed E-state index contributed by atoms with van der Waals surface area (Å²) in [6.07, 6.45) is 5.02. The first kappa shape index (κ1) is 18.3. The number of piperazine rings is 1. The Morgan fingerprint density at radius 2 is 1.64 bits per heavy atom. The third-order valence-corrected chi connectivity index (χ3v) is 7.41. The van der Waals surface area contributed by atoms with E-state index < -0.39 is 14.9 Å². The monoisotopic (exact) mass is 367 g/mol. The molecule has 8 heteroatoms. The van der Waals surface area contributed by atoms with E-state index in [1.165, 1.54) is 54.3 Å². The van der Waals surface area contributed by atoms with Gasteiger partial charge in [0.25, 0.3) is 5.69 Å². The smallest absolute Gasteiger partial charge is 0.269 e. The van der Waals surface area contributed by atoms with Crippen molar-refractivity contribution in [2.45, 2.75) is 43.5 Å². The molecule has 1 aromatic carbocycles. The Bertz CT molecular complexity index is 712. The van der Waals surface area contributed by atoms with Gasteiger partial charge in [-0.3, -0.25) is 15.0 Å². The summed E-state index contributed by atoms with van der Waals surface area (Å²) < 4.78 is 27.0. The van der Waals surface area contributed by atoms with Gasteiger partial charge in [0.1, 0.15) is 0 Å². The lowest BCUT2D eigenvalue weighted by Crippen LogP contribution is -2.53. The molecule has 0 N–H and O–H groups in total. The van der Waals surface area contributed by atoms with Crippen molar-refractivity contribution in [3.05, 3.63) is 34.4 Å². The fraction of sp³-hybridized carbons (Fsp3) is 0.647. The molecule has 25 heavy (non-hydrogen) atoms. The minimum absolute atomic E-state index is 0.102. The molecule has 1 heterocycles. The van der Waals surface area contributed by atoms with Crippen LogP contribution in [-0.2, 0) is 10.0 Å². The Balaban J connectivity index is 1.66. The van der Waals surface area contributed by atoms with Crippen molar-refractivity contribution >= 4 is 15.7 Å². The molecule has 1 aliphatic carbocycles. The summed E-state index contributed by atoms with van der Waals surface area (Å²) in [5.41, 5.74) is -0.102. The molecule has 0 unspecified atom stereocenters. The molecule has 0 bridgehead atoms. The van der Waals surface area contributed by atoms with Crippen LogP contribution in [0.15, 0.2) is 29.2 Å². The fourth-order valence-corrected chi connectivity index (χ4v) is 5.43. The van der Waals surface area contributed by atoms with Crippen LogP contribution in [-0.4, -0.2) is 54.8 Å². The molecule has 2 fully saturated rings. The lowest BCUT2D eigenvalue weighted by molar-refractivity contribution is -0.384. The molecule has 0 spiro atoms. The number of hydrogen-bond donors (Lipinski definition) is 0. The molecule has 0 radical (unpaired) electrons. The van der Waals surface area contributed by atoms with Crippen molar-refractivity contribution in [2.24, 2.45) is 5.92 Å². The van der Waals surface area contributed by atoms with Crippen LogP contribution in [0.3, 0.4) is 0 Å². The molecule has 1 saturated carbocycles. The van der Waals surface area contributed by atoms with E-state index in [9.17, 15) is 18.5 Å². The maximum Gasteiger partial charge on any atom is 0.269 e. The zero-order valence-corrected chi connectivity index (χ0v) is 15.3. The van der Waals surface area contributed by atoms with Crippen LogP contribution in [0.5, 0.6) is 0 Å². The third-order valence-electron chi connectivity index (χ3n) is 5.49. The number of nitro benzene ring substituents is 1. The minimum Gasteiger partial charge on any atom is -0.298 e. The zero-order chi connectivity index (χ0) is 18.0. The van der Waals surface area contributed by atoms with E-state index in [-0.39, 0.29) is 10.6 Å². The predicted molar refractivity (Wildman–Crippen MR) is 94.8 cm³/mol. The Labute approximate surface area is 148 Å². The van der Waals surface area contributed by atoms with Crippen LogP contribution in [0, 0.1) is 16.0 Å². The standard InChI is InChI=1S/C17H25N3O4S/c1-14-4-2-3-5-17(14)18-10-12-19(13-11-18)25(23,24)16-8-6-15(7-9-16)20(21)22/h6-9,14,17H,2-5,10-13H2,1H3/t14-,17-/m1/s1. The second-order valence-electron chi connectivity index (χ2n) is 7.02. The van der Waals surface area contributed by atoms with Gasteiger partial charge in [-0.05, 0) is 30.9 Å². The van der Waals surface area contributed by atoms with E-state index in [1.807, 2.05) is 0 Å². The van der Waals surface area contributed by atoms with Gasteiger partial charge in [-0.1, -0.05) is 19.8 Å². The van der Waals surface area contributed by atoms with Gasteiger partial charge in [0.05, 0.1) is 9.82 Å². The Morgan fingerprint density at radius 1 is 1.04 bits per heavy atom. The van der Waals surface area contributed by atoms with Crippen LogP contribution >= 0.6 is 0 Å². The molecule has 2 atom stereocenters. The largest absolute Gasteiger partial charge is 0.298 e. The Morgan fingerprint density at radius 3 is 2.20 bits per heavy atom. The maximum absolute atomic E-state index is 12.8. The minimum atomic E-state index is -3.59. The SMILES string of the molecule is C[C@@H]1CCCC[C@H]1N1CCN(S(=O)(=O)c2ccc([N+](=O)[O-])cc2)CC1. The normalized spacial score (nSPS) is 26.4. The highest BCUT2D eigenvalue weighted by Gasteiger charge is 2.33. The number of benzene rings is 1. The summed E-state index contributed by atoms with van der Waals surface area (Å²) in [6.45, 7) is 4.75. The average molecular weight is 367 g/mol. The molecule has 0 amide bonds. The summed E-state index contributed by atoms with van der Waals surface area (Å²) in [7, 11) is -3.59. The summed E-state index contributed by atoms with van der Waals surface area (Å²) in [5, 5.41) is 10.7. The molecule has 1 aliphatic heterocycles. The Kier molecular flexibility index (Phi) is 5.41. The molecular weight excluding hydrogens is 342 g/mol. The first-order valence-electron chi connectivity index (χ1n) is 8.88. The molecule has 3 rings (SSSR count). The molecule has 138 valence electrons. The summed E-state index contributed by atoms with van der Waals surface area (Å²) >= 11 is 0. The van der Waals surface area contributed by atoms with E-state index >= 15 is 0 Å². The highest BCUT2D eigenvalue weighted by atomic mass is 32.2. The highest BCUT2D eigenvalue weighted by Crippen LogP contribution is 2.29. The molecular formula is C17H25N3O4S. The molecule has 1 saturated heterocycles. The van der Waals surface area contributed by atoms with E-state index in [0.29, 0.717) is 25.0 Å². The summed E-state index contributed by atoms with van der Waals surface area (Å²) in [6, 6.07) is 5.70. The van der Waals surface area contributed by atoms with Crippen LogP contribution < -0.4 is 0 Å². The van der Waals surface area contributed by atoms with Gasteiger partial charge < -0.3 is 0 Å². The van der Waals surface area contributed by atoms with Crippen molar-refractivity contribution in [1.29, 1.82) is 0 Å². The number of nitro groups is 1. The average Bonchev–Trinajstić information content (AvgIpc) is 2.62. The van der Waals surface area contributed by atoms with Crippen molar-refractivity contribution < 1.29 is 13.3 Å². The molecule has 1 aromatic rings. The van der Waals surface area contributed by atoms with Gasteiger partial charge in [0.15, 0.2) is 0 Å². The summed E-state index contributed by atoms with van der Waals surface area (Å²) in [5.74, 6) is 0.673.